The zero-order valence-electron chi connectivity index (χ0n) is 27.2. The van der Waals surface area contributed by atoms with Crippen molar-refractivity contribution in [2.24, 2.45) is 11.8 Å². The van der Waals surface area contributed by atoms with E-state index in [-0.39, 0.29) is 47.9 Å². The molecule has 0 aromatic rings. The minimum absolute atomic E-state index is 0.0729. The number of carbonyl (C=O) groups excluding carboxylic acids is 3. The van der Waals surface area contributed by atoms with Crippen molar-refractivity contribution in [3.05, 3.63) is 12.2 Å². The Morgan fingerprint density at radius 3 is 2.61 bits per heavy atom. The second-order valence-electron chi connectivity index (χ2n) is 14.3. The number of carboxylic acids is 1. The number of rotatable bonds is 5. The minimum Gasteiger partial charge on any atom is -0.479 e. The van der Waals surface area contributed by atoms with E-state index in [0.717, 1.165) is 38.5 Å². The number of methoxy groups -OCH3 is 1. The first-order chi connectivity index (χ1) is 21.8. The molecule has 15 heteroatoms. The van der Waals surface area contributed by atoms with Gasteiger partial charge in [-0.25, -0.2) is 20.4 Å². The van der Waals surface area contributed by atoms with Gasteiger partial charge in [-0.05, 0) is 78.1 Å². The SMILES string of the molecule is COC1CCC(C2NNN(C3C[C@H]4C(=O)N[C@@]5(C(=O)O)C[C@H]5/C=C\CCCCC[C@@H](NC(=O)OC(C)(C)C)C(=O)N4C3)N2)CC1Br. The Kier molecular flexibility index (Phi) is 11.0. The van der Waals surface area contributed by atoms with E-state index >= 15 is 0 Å². The molecule has 5 rings (SSSR count). The number of aliphatic carboxylic acids is 1. The molecular weight excluding hydrogens is 662 g/mol. The topological polar surface area (TPSA) is 174 Å². The van der Waals surface area contributed by atoms with Crippen LogP contribution in [0.25, 0.3) is 0 Å². The number of hydrogen-bond donors (Lipinski definition) is 6. The quantitative estimate of drug-likeness (QED) is 0.182. The fraction of sp³-hybridized carbons (Fsp3) is 0.806. The van der Waals surface area contributed by atoms with Gasteiger partial charge < -0.3 is 30.1 Å². The second kappa shape index (κ2) is 14.4. The van der Waals surface area contributed by atoms with Crippen LogP contribution < -0.4 is 27.0 Å². The number of alkyl halides is 1. The molecule has 3 aliphatic heterocycles. The summed E-state index contributed by atoms with van der Waals surface area (Å²) in [6.07, 6.45) is 10.2. The number of fused-ring (bicyclic) bond motifs is 2. The maximum atomic E-state index is 14.2. The van der Waals surface area contributed by atoms with Crippen LogP contribution in [0.15, 0.2) is 12.2 Å². The lowest BCUT2D eigenvalue weighted by Gasteiger charge is -2.35. The fourth-order valence-corrected chi connectivity index (χ4v) is 8.13. The summed E-state index contributed by atoms with van der Waals surface area (Å²) in [5.41, 5.74) is 7.88. The average Bonchev–Trinajstić information content (AvgIpc) is 3.31. The Balaban J connectivity index is 1.35. The largest absolute Gasteiger partial charge is 0.479 e. The molecule has 6 N–H and O–H groups in total. The summed E-state index contributed by atoms with van der Waals surface area (Å²) >= 11 is 3.76. The van der Waals surface area contributed by atoms with Crippen molar-refractivity contribution in [3.63, 3.8) is 0 Å². The highest BCUT2D eigenvalue weighted by Crippen LogP contribution is 2.45. The third-order valence-electron chi connectivity index (χ3n) is 9.84. The van der Waals surface area contributed by atoms with E-state index in [9.17, 15) is 24.3 Å². The molecule has 0 spiro atoms. The van der Waals surface area contributed by atoms with Gasteiger partial charge in [0.15, 0.2) is 0 Å². The molecule has 46 heavy (non-hydrogen) atoms. The van der Waals surface area contributed by atoms with Gasteiger partial charge in [-0.3, -0.25) is 9.59 Å². The van der Waals surface area contributed by atoms with E-state index in [4.69, 9.17) is 9.47 Å². The minimum atomic E-state index is -1.39. The monoisotopic (exact) mass is 711 g/mol. The average molecular weight is 713 g/mol. The molecule has 0 bridgehead atoms. The van der Waals surface area contributed by atoms with Crippen molar-refractivity contribution in [1.82, 2.24) is 37.0 Å². The lowest BCUT2D eigenvalue weighted by atomic mass is 9.85. The molecule has 2 saturated heterocycles. The number of carboxylic acid groups (broad SMARTS) is 1. The first-order valence-corrected chi connectivity index (χ1v) is 17.5. The van der Waals surface area contributed by atoms with Gasteiger partial charge in [-0.15, -0.1) is 0 Å². The van der Waals surface area contributed by atoms with Crippen LogP contribution in [-0.4, -0.2) is 99.0 Å². The van der Waals surface area contributed by atoms with E-state index < -0.39 is 41.2 Å². The molecule has 14 nitrogen and oxygen atoms in total. The number of hydrazine groups is 3. The van der Waals surface area contributed by atoms with Crippen LogP contribution in [0.2, 0.25) is 0 Å². The van der Waals surface area contributed by atoms with E-state index in [1.54, 1.807) is 27.9 Å². The molecule has 0 aromatic heterocycles. The number of alkyl carbamates (subject to hydrolysis) is 1. The van der Waals surface area contributed by atoms with Gasteiger partial charge in [0.2, 0.25) is 11.8 Å². The molecule has 2 aliphatic carbocycles. The number of amides is 3. The highest BCUT2D eigenvalue weighted by molar-refractivity contribution is 9.09. The maximum absolute atomic E-state index is 14.2. The molecule has 258 valence electrons. The Bertz CT molecular complexity index is 1180. The van der Waals surface area contributed by atoms with Gasteiger partial charge in [0.05, 0.1) is 18.3 Å². The lowest BCUT2D eigenvalue weighted by Crippen LogP contribution is -2.56. The van der Waals surface area contributed by atoms with Gasteiger partial charge in [0, 0.05) is 24.4 Å². The first-order valence-electron chi connectivity index (χ1n) is 16.6. The van der Waals surface area contributed by atoms with Crippen LogP contribution >= 0.6 is 15.9 Å². The Labute approximate surface area is 279 Å². The van der Waals surface area contributed by atoms with Crippen molar-refractivity contribution >= 4 is 39.8 Å². The smallest absolute Gasteiger partial charge is 0.408 e. The second-order valence-corrected chi connectivity index (χ2v) is 15.5. The summed E-state index contributed by atoms with van der Waals surface area (Å²) in [5.74, 6) is -1.98. The van der Waals surface area contributed by atoms with Crippen molar-refractivity contribution in [2.75, 3.05) is 13.7 Å². The molecule has 3 amide bonds. The van der Waals surface area contributed by atoms with Gasteiger partial charge in [-0.1, -0.05) is 40.9 Å². The van der Waals surface area contributed by atoms with Gasteiger partial charge in [0.1, 0.15) is 23.2 Å². The van der Waals surface area contributed by atoms with Crippen LogP contribution in [0, 0.1) is 11.8 Å². The summed E-state index contributed by atoms with van der Waals surface area (Å²) in [5, 5.41) is 17.5. The zero-order valence-corrected chi connectivity index (χ0v) is 28.8. The van der Waals surface area contributed by atoms with Gasteiger partial charge >= 0.3 is 12.1 Å². The number of nitrogens with one attached hydrogen (secondary N) is 5. The molecule has 5 unspecified atom stereocenters. The molecule has 9 atom stereocenters. The molecule has 0 radical (unpaired) electrons. The van der Waals surface area contributed by atoms with E-state index in [1.807, 2.05) is 17.3 Å². The summed E-state index contributed by atoms with van der Waals surface area (Å²) in [6.45, 7) is 5.46. The zero-order chi connectivity index (χ0) is 33.2. The number of carbonyl (C=O) groups is 4. The van der Waals surface area contributed by atoms with Gasteiger partial charge in [0.25, 0.3) is 0 Å². The Hall–Kier alpha value is -2.30. The van der Waals surface area contributed by atoms with Gasteiger partial charge in [-0.2, -0.15) is 10.7 Å². The van der Waals surface area contributed by atoms with E-state index in [2.05, 4.69) is 42.9 Å². The summed E-state index contributed by atoms with van der Waals surface area (Å²) < 4.78 is 11.1. The highest BCUT2D eigenvalue weighted by Gasteiger charge is 2.61. The number of nitrogens with zero attached hydrogens (tertiary/aromatic N) is 2. The van der Waals surface area contributed by atoms with Crippen LogP contribution in [0.4, 0.5) is 4.79 Å². The van der Waals surface area contributed by atoms with Crippen molar-refractivity contribution in [3.8, 4) is 0 Å². The molecular formula is C31H50BrN7O7. The predicted octanol–water partition coefficient (Wildman–Crippen LogP) is 2.06. The third-order valence-corrected chi connectivity index (χ3v) is 10.8. The molecule has 2 saturated carbocycles. The summed E-state index contributed by atoms with van der Waals surface area (Å²) in [7, 11) is 1.73. The standard InChI is InChI=1S/C31H50BrN7O7/c1-30(2,3)46-29(44)33-22-11-9-7-5-6-8-10-19-16-31(19,28(42)43)34-26(40)23-15-20(17-38(23)27(22)41)39-36-25(35-37-39)18-12-13-24(45-4)21(32)14-18/h8,10,18-25,35-37H,5-7,9,11-17H2,1-4H3,(H,33,44)(H,34,40)(H,42,43)/b10-8-/t18?,19-,20?,21?,22-,23+,24?,25?,31+/m1/s1. The molecule has 5 aliphatic rings. The number of ether oxygens (including phenoxy) is 2. The number of hydrogen-bond acceptors (Lipinski definition) is 10. The van der Waals surface area contributed by atoms with Crippen LogP contribution in [-0.2, 0) is 23.9 Å². The normalized spacial score (nSPS) is 38.5. The number of allylic oxidation sites excluding steroid dienone is 1. The van der Waals surface area contributed by atoms with Crippen molar-refractivity contribution < 1.29 is 33.8 Å². The van der Waals surface area contributed by atoms with E-state index in [0.29, 0.717) is 25.2 Å². The van der Waals surface area contributed by atoms with Crippen molar-refractivity contribution in [1.29, 1.82) is 0 Å². The molecule has 3 heterocycles. The molecule has 4 fully saturated rings. The van der Waals surface area contributed by atoms with Crippen molar-refractivity contribution in [2.45, 2.75) is 131 Å². The highest BCUT2D eigenvalue weighted by atomic mass is 79.9. The first kappa shape index (κ1) is 35.0. The predicted molar refractivity (Wildman–Crippen MR) is 172 cm³/mol. The van der Waals surface area contributed by atoms with Crippen LogP contribution in [0.3, 0.4) is 0 Å². The van der Waals surface area contributed by atoms with E-state index in [1.165, 1.54) is 4.90 Å². The third kappa shape index (κ3) is 8.04. The van der Waals surface area contributed by atoms with Crippen LogP contribution in [0.5, 0.6) is 0 Å². The Morgan fingerprint density at radius 2 is 1.91 bits per heavy atom. The summed E-state index contributed by atoms with van der Waals surface area (Å²) in [6, 6.07) is -2.15. The lowest BCUT2D eigenvalue weighted by molar-refractivity contribution is -0.145. The number of halogens is 1. The molecule has 0 aromatic carbocycles. The van der Waals surface area contributed by atoms with Crippen LogP contribution in [0.1, 0.15) is 85.0 Å². The Morgan fingerprint density at radius 1 is 1.13 bits per heavy atom. The summed E-state index contributed by atoms with van der Waals surface area (Å²) in [4.78, 5) is 55.1. The maximum Gasteiger partial charge on any atom is 0.408 e. The fourth-order valence-electron chi connectivity index (χ4n) is 7.17.